The van der Waals surface area contributed by atoms with Gasteiger partial charge in [0.2, 0.25) is 0 Å². The Balaban J connectivity index is 2.84. The average Bonchev–Trinajstić information content (AvgIpc) is 2.16. The van der Waals surface area contributed by atoms with Gasteiger partial charge in [0.05, 0.1) is 0 Å². The highest BCUT2D eigenvalue weighted by Crippen LogP contribution is 2.21. The van der Waals surface area contributed by atoms with E-state index in [0.717, 1.165) is 18.4 Å². The predicted octanol–water partition coefficient (Wildman–Crippen LogP) is 1.72. The van der Waals surface area contributed by atoms with Crippen LogP contribution in [-0.4, -0.2) is 12.0 Å². The van der Waals surface area contributed by atoms with Gasteiger partial charge in [-0.25, -0.2) is 4.98 Å². The number of pyridine rings is 1. The topological polar surface area (TPSA) is 50.9 Å². The smallest absolute Gasteiger partial charge is 0.128 e. The predicted molar refractivity (Wildman–Crippen MR) is 55.4 cm³/mol. The Morgan fingerprint density at radius 2 is 2.38 bits per heavy atom. The standard InChI is InChI=1S/C10H17N3/c1-3-5-9(12-2)8-6-4-7-13-10(8)11/h4,6-7,9,12H,3,5H2,1-2H3,(H2,11,13). The molecule has 1 rings (SSSR count). The summed E-state index contributed by atoms with van der Waals surface area (Å²) in [6.45, 7) is 2.16. The molecule has 1 atom stereocenters. The van der Waals surface area contributed by atoms with Crippen molar-refractivity contribution in [3.8, 4) is 0 Å². The second-order valence-corrected chi connectivity index (χ2v) is 3.11. The molecular formula is C10H17N3. The summed E-state index contributed by atoms with van der Waals surface area (Å²) >= 11 is 0. The molecule has 0 spiro atoms. The van der Waals surface area contributed by atoms with Gasteiger partial charge in [0.15, 0.2) is 0 Å². The van der Waals surface area contributed by atoms with Gasteiger partial charge in [0.25, 0.3) is 0 Å². The van der Waals surface area contributed by atoms with E-state index < -0.39 is 0 Å². The van der Waals surface area contributed by atoms with Crippen LogP contribution in [0.2, 0.25) is 0 Å². The molecule has 0 aliphatic carbocycles. The SMILES string of the molecule is CCCC(NC)c1cccnc1N. The number of nitrogens with zero attached hydrogens (tertiary/aromatic N) is 1. The van der Waals surface area contributed by atoms with Gasteiger partial charge in [-0.2, -0.15) is 0 Å². The molecular weight excluding hydrogens is 162 g/mol. The largest absolute Gasteiger partial charge is 0.383 e. The molecule has 0 aromatic carbocycles. The highest BCUT2D eigenvalue weighted by molar-refractivity contribution is 5.40. The van der Waals surface area contributed by atoms with Crippen molar-refractivity contribution in [2.24, 2.45) is 0 Å². The zero-order valence-corrected chi connectivity index (χ0v) is 8.25. The zero-order chi connectivity index (χ0) is 9.68. The van der Waals surface area contributed by atoms with Crippen molar-refractivity contribution in [3.63, 3.8) is 0 Å². The number of anilines is 1. The maximum atomic E-state index is 5.78. The first-order valence-electron chi connectivity index (χ1n) is 4.67. The summed E-state index contributed by atoms with van der Waals surface area (Å²) in [4.78, 5) is 4.07. The van der Waals surface area contributed by atoms with Crippen LogP contribution in [0.1, 0.15) is 31.4 Å². The maximum Gasteiger partial charge on any atom is 0.128 e. The Hall–Kier alpha value is -1.09. The van der Waals surface area contributed by atoms with Crippen LogP contribution in [0.5, 0.6) is 0 Å². The Kier molecular flexibility index (Phi) is 3.71. The van der Waals surface area contributed by atoms with E-state index in [4.69, 9.17) is 5.73 Å². The first-order chi connectivity index (χ1) is 6.29. The van der Waals surface area contributed by atoms with E-state index in [-0.39, 0.29) is 0 Å². The van der Waals surface area contributed by atoms with Gasteiger partial charge < -0.3 is 11.1 Å². The summed E-state index contributed by atoms with van der Waals surface area (Å²) in [7, 11) is 1.95. The minimum atomic E-state index is 0.332. The van der Waals surface area contributed by atoms with Gasteiger partial charge in [0.1, 0.15) is 5.82 Å². The molecule has 0 aliphatic rings. The van der Waals surface area contributed by atoms with E-state index in [1.807, 2.05) is 19.2 Å². The Morgan fingerprint density at radius 3 is 2.92 bits per heavy atom. The van der Waals surface area contributed by atoms with Crippen molar-refractivity contribution in [3.05, 3.63) is 23.9 Å². The van der Waals surface area contributed by atoms with Gasteiger partial charge >= 0.3 is 0 Å². The second kappa shape index (κ2) is 4.82. The molecule has 0 saturated carbocycles. The summed E-state index contributed by atoms with van der Waals surface area (Å²) in [5, 5.41) is 3.24. The molecule has 1 heterocycles. The van der Waals surface area contributed by atoms with E-state index in [1.165, 1.54) is 0 Å². The highest BCUT2D eigenvalue weighted by atomic mass is 14.9. The van der Waals surface area contributed by atoms with Crippen LogP contribution in [0.4, 0.5) is 5.82 Å². The second-order valence-electron chi connectivity index (χ2n) is 3.11. The number of nitrogens with one attached hydrogen (secondary N) is 1. The monoisotopic (exact) mass is 179 g/mol. The van der Waals surface area contributed by atoms with Gasteiger partial charge in [-0.05, 0) is 19.5 Å². The fraction of sp³-hybridized carbons (Fsp3) is 0.500. The number of hydrogen-bond donors (Lipinski definition) is 2. The quantitative estimate of drug-likeness (QED) is 0.740. The van der Waals surface area contributed by atoms with Gasteiger partial charge in [-0.1, -0.05) is 19.4 Å². The van der Waals surface area contributed by atoms with E-state index in [9.17, 15) is 0 Å². The molecule has 13 heavy (non-hydrogen) atoms. The maximum absolute atomic E-state index is 5.78. The lowest BCUT2D eigenvalue weighted by Crippen LogP contribution is -2.17. The number of nitrogens with two attached hydrogens (primary N) is 1. The molecule has 1 aromatic heterocycles. The van der Waals surface area contributed by atoms with Crippen LogP contribution in [0.3, 0.4) is 0 Å². The van der Waals surface area contributed by atoms with Crippen molar-refractivity contribution in [2.75, 3.05) is 12.8 Å². The molecule has 0 saturated heterocycles. The number of nitrogen functional groups attached to an aromatic ring is 1. The molecule has 3 N–H and O–H groups in total. The van der Waals surface area contributed by atoms with Crippen LogP contribution in [-0.2, 0) is 0 Å². The summed E-state index contributed by atoms with van der Waals surface area (Å²) in [5.74, 6) is 0.635. The molecule has 3 nitrogen and oxygen atoms in total. The van der Waals surface area contributed by atoms with E-state index >= 15 is 0 Å². The highest BCUT2D eigenvalue weighted by Gasteiger charge is 2.10. The molecule has 0 radical (unpaired) electrons. The van der Waals surface area contributed by atoms with Crippen molar-refractivity contribution >= 4 is 5.82 Å². The number of rotatable bonds is 4. The molecule has 0 fully saturated rings. The van der Waals surface area contributed by atoms with Crippen molar-refractivity contribution in [1.82, 2.24) is 10.3 Å². The fourth-order valence-electron chi connectivity index (χ4n) is 1.47. The summed E-state index contributed by atoms with van der Waals surface area (Å²) in [6.07, 6.45) is 3.95. The van der Waals surface area contributed by atoms with Crippen LogP contribution < -0.4 is 11.1 Å². The van der Waals surface area contributed by atoms with E-state index in [1.54, 1.807) is 6.20 Å². The lowest BCUT2D eigenvalue weighted by molar-refractivity contribution is 0.542. The summed E-state index contributed by atoms with van der Waals surface area (Å²) in [6, 6.07) is 4.28. The third-order valence-corrected chi connectivity index (χ3v) is 2.17. The lowest BCUT2D eigenvalue weighted by Gasteiger charge is -2.16. The third-order valence-electron chi connectivity index (χ3n) is 2.17. The van der Waals surface area contributed by atoms with Gasteiger partial charge in [0, 0.05) is 17.8 Å². The third kappa shape index (κ3) is 2.42. The molecule has 0 amide bonds. The molecule has 1 unspecified atom stereocenters. The Bertz CT molecular complexity index is 260. The number of hydrogen-bond acceptors (Lipinski definition) is 3. The Morgan fingerprint density at radius 1 is 1.62 bits per heavy atom. The Labute approximate surface area is 79.4 Å². The summed E-state index contributed by atoms with van der Waals surface area (Å²) in [5.41, 5.74) is 6.88. The fourth-order valence-corrected chi connectivity index (χ4v) is 1.47. The minimum Gasteiger partial charge on any atom is -0.383 e. The molecule has 0 aliphatic heterocycles. The van der Waals surface area contributed by atoms with E-state index in [2.05, 4.69) is 17.2 Å². The first-order valence-corrected chi connectivity index (χ1v) is 4.67. The van der Waals surface area contributed by atoms with Crippen molar-refractivity contribution in [1.29, 1.82) is 0 Å². The van der Waals surface area contributed by atoms with Crippen LogP contribution >= 0.6 is 0 Å². The zero-order valence-electron chi connectivity index (χ0n) is 8.25. The molecule has 72 valence electrons. The van der Waals surface area contributed by atoms with Crippen LogP contribution in [0, 0.1) is 0 Å². The summed E-state index contributed by atoms with van der Waals surface area (Å²) < 4.78 is 0. The lowest BCUT2D eigenvalue weighted by atomic mass is 10.0. The normalized spacial score (nSPS) is 12.8. The molecule has 3 heteroatoms. The van der Waals surface area contributed by atoms with Crippen molar-refractivity contribution < 1.29 is 0 Å². The molecule has 0 bridgehead atoms. The van der Waals surface area contributed by atoms with Gasteiger partial charge in [-0.3, -0.25) is 0 Å². The first kappa shape index (κ1) is 9.99. The van der Waals surface area contributed by atoms with Gasteiger partial charge in [-0.15, -0.1) is 0 Å². The average molecular weight is 179 g/mol. The van der Waals surface area contributed by atoms with Crippen LogP contribution in [0.25, 0.3) is 0 Å². The number of aromatic nitrogens is 1. The van der Waals surface area contributed by atoms with Crippen molar-refractivity contribution in [2.45, 2.75) is 25.8 Å². The van der Waals surface area contributed by atoms with E-state index in [0.29, 0.717) is 11.9 Å². The minimum absolute atomic E-state index is 0.332. The van der Waals surface area contributed by atoms with Crippen LogP contribution in [0.15, 0.2) is 18.3 Å². The molecule has 1 aromatic rings.